The molecule has 0 bridgehead atoms. The highest BCUT2D eigenvalue weighted by Crippen LogP contribution is 2.32. The fraction of sp³-hybridized carbons (Fsp3) is 0.310. The van der Waals surface area contributed by atoms with Gasteiger partial charge in [-0.25, -0.2) is 0 Å². The van der Waals surface area contributed by atoms with E-state index < -0.39 is 5.41 Å². The van der Waals surface area contributed by atoms with Crippen LogP contribution in [0.4, 0.5) is 11.4 Å². The first-order chi connectivity index (χ1) is 16.5. The summed E-state index contributed by atoms with van der Waals surface area (Å²) in [4.78, 5) is 30.4. The molecule has 0 aliphatic carbocycles. The first-order valence-electron chi connectivity index (χ1n) is 11.7. The number of benzene rings is 3. The summed E-state index contributed by atoms with van der Waals surface area (Å²) in [5.41, 5.74) is 3.50. The second-order valence-corrected chi connectivity index (χ2v) is 10.3. The zero-order chi connectivity index (χ0) is 25.8. The Morgan fingerprint density at radius 1 is 0.943 bits per heavy atom. The average Bonchev–Trinajstić information content (AvgIpc) is 2.81. The molecule has 35 heavy (non-hydrogen) atoms. The first-order valence-corrected chi connectivity index (χ1v) is 12.1. The second-order valence-electron chi connectivity index (χ2n) is 9.94. The van der Waals surface area contributed by atoms with Gasteiger partial charge in [-0.05, 0) is 48.4 Å². The highest BCUT2D eigenvalue weighted by Gasteiger charge is 2.31. The fourth-order valence-electron chi connectivity index (χ4n) is 3.98. The molecule has 1 N–H and O–H groups in total. The maximum atomic E-state index is 13.6. The van der Waals surface area contributed by atoms with Crippen LogP contribution in [0.3, 0.4) is 0 Å². The van der Waals surface area contributed by atoms with Crippen molar-refractivity contribution in [3.05, 3.63) is 94.5 Å². The largest absolute Gasteiger partial charge is 0.377 e. The lowest BCUT2D eigenvalue weighted by Crippen LogP contribution is -2.40. The smallest absolute Gasteiger partial charge is 0.257 e. The average molecular weight is 492 g/mol. The van der Waals surface area contributed by atoms with Crippen molar-refractivity contribution in [2.75, 3.05) is 24.3 Å². The van der Waals surface area contributed by atoms with Gasteiger partial charge in [0.05, 0.1) is 16.6 Å². The number of carbonyl (C=O) groups excluding carboxylic acids is 2. The van der Waals surface area contributed by atoms with Gasteiger partial charge in [-0.1, -0.05) is 74.8 Å². The van der Waals surface area contributed by atoms with Crippen LogP contribution in [0.1, 0.15) is 55.2 Å². The standard InChI is InChI=1S/C29H34ClN3O2/c1-20(21-12-8-7-9-13-21)33(28(35)29(2,3)4)19-22-18-23(16-17-26(22)32(5)6)31-27(34)24-14-10-11-15-25(24)30/h7-18,20H,19H2,1-6H3,(H,31,34). The Hall–Kier alpha value is -3.31. The van der Waals surface area contributed by atoms with Crippen molar-refractivity contribution in [3.63, 3.8) is 0 Å². The molecule has 6 heteroatoms. The Kier molecular flexibility index (Phi) is 8.23. The van der Waals surface area contributed by atoms with E-state index in [-0.39, 0.29) is 17.9 Å². The predicted octanol–water partition coefficient (Wildman–Crippen LogP) is 6.79. The molecule has 184 valence electrons. The van der Waals surface area contributed by atoms with Gasteiger partial charge in [0.2, 0.25) is 5.91 Å². The molecule has 0 saturated heterocycles. The van der Waals surface area contributed by atoms with Crippen molar-refractivity contribution in [1.82, 2.24) is 4.90 Å². The lowest BCUT2D eigenvalue weighted by Gasteiger charge is -2.35. The number of carbonyl (C=O) groups is 2. The van der Waals surface area contributed by atoms with Crippen molar-refractivity contribution in [2.45, 2.75) is 40.3 Å². The number of anilines is 2. The molecule has 0 saturated carbocycles. The first kappa shape index (κ1) is 26.3. The van der Waals surface area contributed by atoms with Crippen LogP contribution >= 0.6 is 11.6 Å². The van der Waals surface area contributed by atoms with E-state index in [2.05, 4.69) is 12.2 Å². The molecule has 5 nitrogen and oxygen atoms in total. The Labute approximate surface area is 213 Å². The van der Waals surface area contributed by atoms with Crippen LogP contribution in [0.25, 0.3) is 0 Å². The molecule has 0 heterocycles. The molecule has 0 aliphatic heterocycles. The topological polar surface area (TPSA) is 52.7 Å². The summed E-state index contributed by atoms with van der Waals surface area (Å²) < 4.78 is 0. The lowest BCUT2D eigenvalue weighted by molar-refractivity contribution is -0.142. The Balaban J connectivity index is 1.98. The molecule has 0 spiro atoms. The third-order valence-electron chi connectivity index (χ3n) is 5.93. The number of amides is 2. The SMILES string of the molecule is CC(c1ccccc1)N(Cc1cc(NC(=O)c2ccccc2Cl)ccc1N(C)C)C(=O)C(C)(C)C. The summed E-state index contributed by atoms with van der Waals surface area (Å²) in [7, 11) is 3.94. The number of hydrogen-bond acceptors (Lipinski definition) is 3. The van der Waals surface area contributed by atoms with Crippen LogP contribution < -0.4 is 10.2 Å². The van der Waals surface area contributed by atoms with E-state index in [0.717, 1.165) is 16.8 Å². The quantitative estimate of drug-likeness (QED) is 0.395. The van der Waals surface area contributed by atoms with E-state index in [1.54, 1.807) is 24.3 Å². The summed E-state index contributed by atoms with van der Waals surface area (Å²) in [6.45, 7) is 8.26. The minimum absolute atomic E-state index is 0.0593. The van der Waals surface area contributed by atoms with Gasteiger partial charge in [-0.15, -0.1) is 0 Å². The van der Waals surface area contributed by atoms with Crippen LogP contribution in [-0.2, 0) is 11.3 Å². The lowest BCUT2D eigenvalue weighted by atomic mass is 9.92. The van der Waals surface area contributed by atoms with Gasteiger partial charge >= 0.3 is 0 Å². The van der Waals surface area contributed by atoms with Crippen LogP contribution in [-0.4, -0.2) is 30.8 Å². The van der Waals surface area contributed by atoms with Crippen LogP contribution in [0.15, 0.2) is 72.8 Å². The molecule has 0 aromatic heterocycles. The number of nitrogens with one attached hydrogen (secondary N) is 1. The van der Waals surface area contributed by atoms with Crippen LogP contribution in [0.2, 0.25) is 5.02 Å². The molecule has 3 aromatic rings. The van der Waals surface area contributed by atoms with Gasteiger partial charge in [0.25, 0.3) is 5.91 Å². The van der Waals surface area contributed by atoms with Crippen molar-refractivity contribution in [2.24, 2.45) is 5.41 Å². The van der Waals surface area contributed by atoms with Gasteiger partial charge in [0, 0.05) is 37.4 Å². The monoisotopic (exact) mass is 491 g/mol. The summed E-state index contributed by atoms with van der Waals surface area (Å²) in [5, 5.41) is 3.35. The van der Waals surface area contributed by atoms with Gasteiger partial charge in [-0.2, -0.15) is 0 Å². The molecule has 1 unspecified atom stereocenters. The molecular weight excluding hydrogens is 458 g/mol. The highest BCUT2D eigenvalue weighted by atomic mass is 35.5. The van der Waals surface area contributed by atoms with Crippen molar-refractivity contribution < 1.29 is 9.59 Å². The molecule has 3 rings (SSSR count). The summed E-state index contributed by atoms with van der Waals surface area (Å²) >= 11 is 6.21. The summed E-state index contributed by atoms with van der Waals surface area (Å²) in [6, 6.07) is 22.6. The molecule has 0 aliphatic rings. The van der Waals surface area contributed by atoms with Crippen molar-refractivity contribution in [1.29, 1.82) is 0 Å². The Bertz CT molecular complexity index is 1190. The van der Waals surface area contributed by atoms with E-state index in [9.17, 15) is 9.59 Å². The Morgan fingerprint density at radius 3 is 2.17 bits per heavy atom. The van der Waals surface area contributed by atoms with Crippen LogP contribution in [0, 0.1) is 5.41 Å². The molecule has 0 radical (unpaired) electrons. The zero-order valence-corrected chi connectivity index (χ0v) is 22.1. The number of rotatable bonds is 7. The summed E-state index contributed by atoms with van der Waals surface area (Å²) in [6.07, 6.45) is 0. The normalized spacial score (nSPS) is 12.1. The van der Waals surface area contributed by atoms with E-state index >= 15 is 0 Å². The predicted molar refractivity (Wildman–Crippen MR) is 145 cm³/mol. The number of nitrogens with zero attached hydrogens (tertiary/aromatic N) is 2. The fourth-order valence-corrected chi connectivity index (χ4v) is 4.20. The van der Waals surface area contributed by atoms with Gasteiger partial charge in [0.1, 0.15) is 0 Å². The zero-order valence-electron chi connectivity index (χ0n) is 21.3. The van der Waals surface area contributed by atoms with E-state index in [4.69, 9.17) is 11.6 Å². The van der Waals surface area contributed by atoms with Gasteiger partial charge in [-0.3, -0.25) is 9.59 Å². The third-order valence-corrected chi connectivity index (χ3v) is 6.26. The number of hydrogen-bond donors (Lipinski definition) is 1. The molecule has 1 atom stereocenters. The third kappa shape index (κ3) is 6.43. The second kappa shape index (κ2) is 11.0. The molecule has 3 aromatic carbocycles. The molecular formula is C29H34ClN3O2. The Morgan fingerprint density at radius 2 is 1.57 bits per heavy atom. The van der Waals surface area contributed by atoms with Gasteiger partial charge in [0.15, 0.2) is 0 Å². The van der Waals surface area contributed by atoms with E-state index in [1.807, 2.05) is 93.2 Å². The molecule has 2 amide bonds. The van der Waals surface area contributed by atoms with E-state index in [1.165, 1.54) is 0 Å². The maximum Gasteiger partial charge on any atom is 0.257 e. The number of halogens is 1. The maximum absolute atomic E-state index is 13.6. The summed E-state index contributed by atoms with van der Waals surface area (Å²) in [5.74, 6) is -0.219. The minimum Gasteiger partial charge on any atom is -0.377 e. The van der Waals surface area contributed by atoms with Gasteiger partial charge < -0.3 is 15.1 Å². The van der Waals surface area contributed by atoms with Crippen LogP contribution in [0.5, 0.6) is 0 Å². The van der Waals surface area contributed by atoms with Crippen molar-refractivity contribution >= 4 is 34.8 Å². The highest BCUT2D eigenvalue weighted by molar-refractivity contribution is 6.34. The van der Waals surface area contributed by atoms with E-state index in [0.29, 0.717) is 22.8 Å². The van der Waals surface area contributed by atoms with Crippen molar-refractivity contribution in [3.8, 4) is 0 Å². The minimum atomic E-state index is -0.544. The molecule has 0 fully saturated rings.